The van der Waals surface area contributed by atoms with Crippen LogP contribution < -0.4 is 10.2 Å². The van der Waals surface area contributed by atoms with E-state index in [-0.39, 0.29) is 11.7 Å². The van der Waals surface area contributed by atoms with Crippen molar-refractivity contribution < 1.29 is 4.79 Å². The van der Waals surface area contributed by atoms with Gasteiger partial charge in [-0.1, -0.05) is 18.2 Å². The van der Waals surface area contributed by atoms with Crippen LogP contribution in [-0.4, -0.2) is 59.0 Å². The molecule has 150 valence electrons. The van der Waals surface area contributed by atoms with Gasteiger partial charge in [0.2, 0.25) is 5.82 Å². The SMILES string of the molecule is Cc1nc(C(=O)N(C)C)nc(N2CC[C@@H](Nc3ccnc4ccccc34)C2)c1C. The minimum atomic E-state index is -0.175. The molecule has 0 spiro atoms. The molecule has 1 N–H and O–H groups in total. The van der Waals surface area contributed by atoms with Gasteiger partial charge < -0.3 is 15.1 Å². The first-order chi connectivity index (χ1) is 13.9. The number of hydrogen-bond donors (Lipinski definition) is 1. The first kappa shape index (κ1) is 19.1. The number of carbonyl (C=O) groups excluding carboxylic acids is 1. The molecule has 1 aliphatic heterocycles. The van der Waals surface area contributed by atoms with Crippen LogP contribution in [0.5, 0.6) is 0 Å². The predicted octanol–water partition coefficient (Wildman–Crippen LogP) is 3.03. The normalized spacial score (nSPS) is 16.3. The summed E-state index contributed by atoms with van der Waals surface area (Å²) in [7, 11) is 3.44. The van der Waals surface area contributed by atoms with Crippen molar-refractivity contribution in [2.75, 3.05) is 37.4 Å². The minimum Gasteiger partial charge on any atom is -0.380 e. The lowest BCUT2D eigenvalue weighted by molar-refractivity contribution is 0.0815. The summed E-state index contributed by atoms with van der Waals surface area (Å²) < 4.78 is 0. The molecule has 7 heteroatoms. The molecule has 1 amide bonds. The van der Waals surface area contributed by atoms with Gasteiger partial charge in [0.15, 0.2) is 0 Å². The van der Waals surface area contributed by atoms with Gasteiger partial charge in [-0.3, -0.25) is 9.78 Å². The Hall–Kier alpha value is -3.22. The van der Waals surface area contributed by atoms with Gasteiger partial charge in [-0.15, -0.1) is 0 Å². The molecule has 0 saturated carbocycles. The second kappa shape index (κ2) is 7.66. The van der Waals surface area contributed by atoms with Crippen molar-refractivity contribution in [3.05, 3.63) is 53.6 Å². The van der Waals surface area contributed by atoms with Crippen LogP contribution in [0.1, 0.15) is 28.3 Å². The largest absolute Gasteiger partial charge is 0.380 e. The summed E-state index contributed by atoms with van der Waals surface area (Å²) in [5, 5.41) is 4.80. The van der Waals surface area contributed by atoms with Crippen LogP contribution in [0.25, 0.3) is 10.9 Å². The van der Waals surface area contributed by atoms with E-state index in [0.717, 1.165) is 53.2 Å². The van der Waals surface area contributed by atoms with Crippen LogP contribution in [-0.2, 0) is 0 Å². The summed E-state index contributed by atoms with van der Waals surface area (Å²) in [6, 6.07) is 10.5. The molecule has 0 unspecified atom stereocenters. The Bertz CT molecular complexity index is 1060. The van der Waals surface area contributed by atoms with E-state index in [1.807, 2.05) is 44.3 Å². The van der Waals surface area contributed by atoms with E-state index >= 15 is 0 Å². The number of hydrogen-bond acceptors (Lipinski definition) is 6. The lowest BCUT2D eigenvalue weighted by Crippen LogP contribution is -2.30. The first-order valence-corrected chi connectivity index (χ1v) is 9.86. The number of para-hydroxylation sites is 1. The van der Waals surface area contributed by atoms with Gasteiger partial charge in [-0.05, 0) is 32.4 Å². The van der Waals surface area contributed by atoms with Crippen LogP contribution in [0.4, 0.5) is 11.5 Å². The van der Waals surface area contributed by atoms with Crippen LogP contribution in [0, 0.1) is 13.8 Å². The first-order valence-electron chi connectivity index (χ1n) is 9.86. The van der Waals surface area contributed by atoms with Crippen molar-refractivity contribution in [1.82, 2.24) is 19.9 Å². The zero-order chi connectivity index (χ0) is 20.5. The summed E-state index contributed by atoms with van der Waals surface area (Å²) in [5.74, 6) is 0.933. The van der Waals surface area contributed by atoms with Gasteiger partial charge in [0.25, 0.3) is 5.91 Å². The highest BCUT2D eigenvalue weighted by atomic mass is 16.2. The molecule has 29 heavy (non-hydrogen) atoms. The third-order valence-corrected chi connectivity index (χ3v) is 5.46. The van der Waals surface area contributed by atoms with Crippen LogP contribution in [0.3, 0.4) is 0 Å². The Balaban J connectivity index is 1.56. The Kier molecular flexibility index (Phi) is 5.05. The van der Waals surface area contributed by atoms with E-state index in [9.17, 15) is 4.79 Å². The molecule has 3 aromatic rings. The number of amides is 1. The van der Waals surface area contributed by atoms with Gasteiger partial charge in [-0.25, -0.2) is 9.97 Å². The zero-order valence-electron chi connectivity index (χ0n) is 17.3. The Morgan fingerprint density at radius 2 is 1.97 bits per heavy atom. The number of benzene rings is 1. The average molecular weight is 390 g/mol. The number of aromatic nitrogens is 3. The lowest BCUT2D eigenvalue weighted by atomic mass is 10.1. The molecule has 1 atom stereocenters. The van der Waals surface area contributed by atoms with Crippen molar-refractivity contribution in [3.63, 3.8) is 0 Å². The number of nitrogens with zero attached hydrogens (tertiary/aromatic N) is 5. The maximum absolute atomic E-state index is 12.4. The van der Waals surface area contributed by atoms with Crippen molar-refractivity contribution in [3.8, 4) is 0 Å². The summed E-state index contributed by atoms with van der Waals surface area (Å²) in [5.41, 5.74) is 3.95. The number of fused-ring (bicyclic) bond motifs is 1. The number of aryl methyl sites for hydroxylation is 1. The van der Waals surface area contributed by atoms with Crippen molar-refractivity contribution >= 4 is 28.3 Å². The third kappa shape index (κ3) is 3.72. The fourth-order valence-electron chi connectivity index (χ4n) is 3.73. The van der Waals surface area contributed by atoms with Crippen LogP contribution >= 0.6 is 0 Å². The number of anilines is 2. The lowest BCUT2D eigenvalue weighted by Gasteiger charge is -2.22. The molecular weight excluding hydrogens is 364 g/mol. The molecule has 1 saturated heterocycles. The summed E-state index contributed by atoms with van der Waals surface area (Å²) in [6.07, 6.45) is 2.84. The molecule has 0 radical (unpaired) electrons. The summed E-state index contributed by atoms with van der Waals surface area (Å²) in [4.78, 5) is 29.6. The molecule has 0 aliphatic carbocycles. The molecule has 1 fully saturated rings. The highest BCUT2D eigenvalue weighted by Gasteiger charge is 2.27. The van der Waals surface area contributed by atoms with E-state index in [2.05, 4.69) is 31.2 Å². The fourth-order valence-corrected chi connectivity index (χ4v) is 3.73. The highest BCUT2D eigenvalue weighted by molar-refractivity contribution is 5.91. The minimum absolute atomic E-state index is 0.175. The second-order valence-electron chi connectivity index (χ2n) is 7.73. The van der Waals surface area contributed by atoms with Gasteiger partial charge in [-0.2, -0.15) is 0 Å². The number of carbonyl (C=O) groups is 1. The topological polar surface area (TPSA) is 74.2 Å². The van der Waals surface area contributed by atoms with E-state index in [1.165, 1.54) is 4.90 Å². The number of pyridine rings is 1. The van der Waals surface area contributed by atoms with Gasteiger partial charge >= 0.3 is 0 Å². The molecule has 1 aromatic carbocycles. The number of nitrogens with one attached hydrogen (secondary N) is 1. The smallest absolute Gasteiger partial charge is 0.291 e. The Morgan fingerprint density at radius 1 is 1.17 bits per heavy atom. The zero-order valence-corrected chi connectivity index (χ0v) is 17.3. The van der Waals surface area contributed by atoms with Gasteiger partial charge in [0.05, 0.1) is 5.52 Å². The van der Waals surface area contributed by atoms with Crippen molar-refractivity contribution in [1.29, 1.82) is 0 Å². The summed E-state index contributed by atoms with van der Waals surface area (Å²) >= 11 is 0. The molecule has 1 aliphatic rings. The molecule has 4 rings (SSSR count). The van der Waals surface area contributed by atoms with Crippen LogP contribution in [0.2, 0.25) is 0 Å². The van der Waals surface area contributed by atoms with E-state index in [4.69, 9.17) is 0 Å². The van der Waals surface area contributed by atoms with E-state index in [0.29, 0.717) is 6.04 Å². The van der Waals surface area contributed by atoms with Crippen molar-refractivity contribution in [2.45, 2.75) is 26.3 Å². The maximum atomic E-state index is 12.4. The fraction of sp³-hybridized carbons (Fsp3) is 0.364. The Labute approximate surface area is 170 Å². The maximum Gasteiger partial charge on any atom is 0.291 e. The summed E-state index contributed by atoms with van der Waals surface area (Å²) in [6.45, 7) is 5.66. The van der Waals surface area contributed by atoms with Crippen molar-refractivity contribution in [2.24, 2.45) is 0 Å². The third-order valence-electron chi connectivity index (χ3n) is 5.46. The van der Waals surface area contributed by atoms with Crippen LogP contribution in [0.15, 0.2) is 36.5 Å². The van der Waals surface area contributed by atoms with Gasteiger partial charge in [0, 0.05) is 61.8 Å². The molecule has 3 heterocycles. The molecule has 0 bridgehead atoms. The molecule has 2 aromatic heterocycles. The second-order valence-corrected chi connectivity index (χ2v) is 7.73. The number of rotatable bonds is 4. The highest BCUT2D eigenvalue weighted by Crippen LogP contribution is 2.27. The standard InChI is InChI=1S/C22H26N6O/c1-14-15(2)24-20(22(29)27(3)4)26-21(14)28-12-10-16(13-28)25-19-9-11-23-18-8-6-5-7-17(18)19/h5-9,11,16H,10,12-13H2,1-4H3,(H,23,25)/t16-/m1/s1. The predicted molar refractivity (Wildman–Crippen MR) is 116 cm³/mol. The quantitative estimate of drug-likeness (QED) is 0.738. The van der Waals surface area contributed by atoms with Gasteiger partial charge in [0.1, 0.15) is 5.82 Å². The molecular formula is C22H26N6O. The van der Waals surface area contributed by atoms with E-state index < -0.39 is 0 Å². The molecule has 7 nitrogen and oxygen atoms in total. The monoisotopic (exact) mass is 390 g/mol. The average Bonchev–Trinajstić information content (AvgIpc) is 3.18. The Morgan fingerprint density at radius 3 is 2.76 bits per heavy atom. The van der Waals surface area contributed by atoms with E-state index in [1.54, 1.807) is 14.1 Å².